The van der Waals surface area contributed by atoms with E-state index in [-0.39, 0.29) is 0 Å². The molecule has 0 saturated carbocycles. The lowest BCUT2D eigenvalue weighted by Crippen LogP contribution is -2.16. The van der Waals surface area contributed by atoms with Gasteiger partial charge in [0.1, 0.15) is 5.82 Å². The molecule has 0 bridgehead atoms. The Kier molecular flexibility index (Phi) is 3.84. The Morgan fingerprint density at radius 1 is 1.50 bits per heavy atom. The van der Waals surface area contributed by atoms with Crippen LogP contribution in [0.2, 0.25) is 5.02 Å². The third kappa shape index (κ3) is 2.97. The van der Waals surface area contributed by atoms with Crippen LogP contribution in [0.15, 0.2) is 34.2 Å². The molecule has 0 atom stereocenters. The lowest BCUT2D eigenvalue weighted by Gasteiger charge is -2.16. The Hall–Kier alpha value is -0.580. The summed E-state index contributed by atoms with van der Waals surface area (Å²) in [4.78, 5) is 7.66. The highest BCUT2D eigenvalue weighted by atomic mass is 79.9. The van der Waals surface area contributed by atoms with Gasteiger partial charge in [-0.05, 0) is 34.1 Å². The zero-order chi connectivity index (χ0) is 11.5. The first kappa shape index (κ1) is 11.9. The summed E-state index contributed by atoms with van der Waals surface area (Å²) in [6.07, 6.45) is 1.66. The molecule has 0 aromatic carbocycles. The number of aromatic nitrogens is 1. The van der Waals surface area contributed by atoms with Gasteiger partial charge in [-0.2, -0.15) is 0 Å². The zero-order valence-electron chi connectivity index (χ0n) is 8.65. The van der Waals surface area contributed by atoms with E-state index < -0.39 is 0 Å². The molecule has 0 aliphatic heterocycles. The predicted molar refractivity (Wildman–Crippen MR) is 73.4 cm³/mol. The number of thiophene rings is 1. The van der Waals surface area contributed by atoms with Crippen LogP contribution in [0.4, 0.5) is 5.82 Å². The van der Waals surface area contributed by atoms with Crippen molar-refractivity contribution >= 4 is 44.7 Å². The molecular weight excluding hydrogens is 308 g/mol. The van der Waals surface area contributed by atoms with Crippen molar-refractivity contribution in [2.45, 2.75) is 6.54 Å². The number of nitrogens with zero attached hydrogens (tertiary/aromatic N) is 2. The first-order chi connectivity index (χ1) is 7.65. The summed E-state index contributed by atoms with van der Waals surface area (Å²) in [7, 11) is 2.02. The molecule has 2 aromatic rings. The molecule has 0 aliphatic rings. The molecule has 84 valence electrons. The Balaban J connectivity index is 2.08. The van der Waals surface area contributed by atoms with Gasteiger partial charge in [0.2, 0.25) is 0 Å². The predicted octanol–water partition coefficient (Wildman–Crippen LogP) is 4.20. The van der Waals surface area contributed by atoms with Crippen LogP contribution in [0.5, 0.6) is 0 Å². The second-order valence-corrected chi connectivity index (χ2v) is 5.77. The number of rotatable bonds is 3. The van der Waals surface area contributed by atoms with E-state index in [4.69, 9.17) is 11.6 Å². The molecule has 0 radical (unpaired) electrons. The lowest BCUT2D eigenvalue weighted by atomic mass is 10.4. The van der Waals surface area contributed by atoms with Gasteiger partial charge in [0.25, 0.3) is 0 Å². The van der Waals surface area contributed by atoms with Crippen LogP contribution in [0.25, 0.3) is 0 Å². The molecule has 0 fully saturated rings. The van der Waals surface area contributed by atoms with Crippen LogP contribution >= 0.6 is 38.9 Å². The minimum absolute atomic E-state index is 0.663. The molecule has 0 aliphatic carbocycles. The summed E-state index contributed by atoms with van der Waals surface area (Å²) >= 11 is 11.0. The number of halogens is 2. The summed E-state index contributed by atoms with van der Waals surface area (Å²) in [5.74, 6) is 0.925. The highest BCUT2D eigenvalue weighted by Crippen LogP contribution is 2.22. The molecule has 5 heteroatoms. The summed E-state index contributed by atoms with van der Waals surface area (Å²) in [6, 6.07) is 5.90. The largest absolute Gasteiger partial charge is 0.355 e. The van der Waals surface area contributed by atoms with Crippen LogP contribution in [-0.4, -0.2) is 12.0 Å². The third-order valence-corrected chi connectivity index (χ3v) is 4.02. The highest BCUT2D eigenvalue weighted by Gasteiger charge is 2.05. The fraction of sp³-hybridized carbons (Fsp3) is 0.182. The van der Waals surface area contributed by atoms with Crippen molar-refractivity contribution in [3.8, 4) is 0 Å². The standard InChI is InChI=1S/C11H10BrClN2S/c1-15(6-10-4-8(12)7-16-10)11-3-2-9(13)5-14-11/h2-5,7H,6H2,1H3. The number of pyridine rings is 1. The molecule has 0 N–H and O–H groups in total. The first-order valence-electron chi connectivity index (χ1n) is 4.71. The summed E-state index contributed by atoms with van der Waals surface area (Å²) in [6.45, 7) is 0.852. The Morgan fingerprint density at radius 3 is 2.88 bits per heavy atom. The van der Waals surface area contributed by atoms with Gasteiger partial charge in [-0.3, -0.25) is 0 Å². The fourth-order valence-electron chi connectivity index (χ4n) is 1.35. The maximum atomic E-state index is 5.79. The minimum atomic E-state index is 0.663. The summed E-state index contributed by atoms with van der Waals surface area (Å²) in [5, 5.41) is 2.74. The van der Waals surface area contributed by atoms with E-state index in [1.807, 2.05) is 19.2 Å². The molecule has 16 heavy (non-hydrogen) atoms. The Bertz CT molecular complexity index is 469. The summed E-state index contributed by atoms with van der Waals surface area (Å²) < 4.78 is 1.13. The monoisotopic (exact) mass is 316 g/mol. The van der Waals surface area contributed by atoms with Crippen molar-refractivity contribution in [1.82, 2.24) is 4.98 Å². The van der Waals surface area contributed by atoms with Crippen molar-refractivity contribution in [3.63, 3.8) is 0 Å². The second kappa shape index (κ2) is 5.17. The third-order valence-electron chi connectivity index (χ3n) is 2.12. The summed E-state index contributed by atoms with van der Waals surface area (Å²) in [5.41, 5.74) is 0. The van der Waals surface area contributed by atoms with Gasteiger partial charge in [0.15, 0.2) is 0 Å². The molecule has 2 heterocycles. The van der Waals surface area contributed by atoms with Crippen molar-refractivity contribution in [2.24, 2.45) is 0 Å². The quantitative estimate of drug-likeness (QED) is 0.843. The SMILES string of the molecule is CN(Cc1cc(Br)cs1)c1ccc(Cl)cn1. The minimum Gasteiger partial charge on any atom is -0.355 e. The molecule has 0 amide bonds. The zero-order valence-corrected chi connectivity index (χ0v) is 11.8. The van der Waals surface area contributed by atoms with Gasteiger partial charge in [0, 0.05) is 28.0 Å². The van der Waals surface area contributed by atoms with Gasteiger partial charge in [0.05, 0.1) is 11.6 Å². The lowest BCUT2D eigenvalue weighted by molar-refractivity contribution is 0.912. The van der Waals surface area contributed by atoms with Crippen LogP contribution in [0, 0.1) is 0 Å². The maximum absolute atomic E-state index is 5.79. The molecule has 0 unspecified atom stereocenters. The topological polar surface area (TPSA) is 16.1 Å². The maximum Gasteiger partial charge on any atom is 0.128 e. The smallest absolute Gasteiger partial charge is 0.128 e. The molecular formula is C11H10BrClN2S. The fourth-order valence-corrected chi connectivity index (χ4v) is 2.96. The van der Waals surface area contributed by atoms with Crippen molar-refractivity contribution in [3.05, 3.63) is 44.1 Å². The van der Waals surface area contributed by atoms with E-state index in [9.17, 15) is 0 Å². The number of hydrogen-bond acceptors (Lipinski definition) is 3. The average Bonchev–Trinajstić information content (AvgIpc) is 2.65. The van der Waals surface area contributed by atoms with Crippen LogP contribution < -0.4 is 4.90 Å². The molecule has 2 rings (SSSR count). The molecule has 2 aromatic heterocycles. The van der Waals surface area contributed by atoms with Crippen LogP contribution in [-0.2, 0) is 6.54 Å². The van der Waals surface area contributed by atoms with E-state index >= 15 is 0 Å². The van der Waals surface area contributed by atoms with Gasteiger partial charge in [-0.25, -0.2) is 4.98 Å². The van der Waals surface area contributed by atoms with E-state index in [0.29, 0.717) is 5.02 Å². The number of hydrogen-bond donors (Lipinski definition) is 0. The van der Waals surface area contributed by atoms with Crippen molar-refractivity contribution < 1.29 is 0 Å². The van der Waals surface area contributed by atoms with E-state index in [1.165, 1.54) is 4.88 Å². The Labute approximate surface area is 112 Å². The van der Waals surface area contributed by atoms with Gasteiger partial charge in [-0.15, -0.1) is 11.3 Å². The second-order valence-electron chi connectivity index (χ2n) is 3.42. The normalized spacial score (nSPS) is 10.4. The number of anilines is 1. The van der Waals surface area contributed by atoms with Gasteiger partial charge < -0.3 is 4.90 Å². The Morgan fingerprint density at radius 2 is 2.31 bits per heavy atom. The van der Waals surface area contributed by atoms with Gasteiger partial charge >= 0.3 is 0 Å². The highest BCUT2D eigenvalue weighted by molar-refractivity contribution is 9.10. The molecule has 2 nitrogen and oxygen atoms in total. The average molecular weight is 318 g/mol. The van der Waals surface area contributed by atoms with Crippen molar-refractivity contribution in [1.29, 1.82) is 0 Å². The van der Waals surface area contributed by atoms with E-state index in [2.05, 4.69) is 37.3 Å². The van der Waals surface area contributed by atoms with Gasteiger partial charge in [-0.1, -0.05) is 11.6 Å². The van der Waals surface area contributed by atoms with Crippen molar-refractivity contribution in [2.75, 3.05) is 11.9 Å². The van der Waals surface area contributed by atoms with E-state index in [1.54, 1.807) is 17.5 Å². The first-order valence-corrected chi connectivity index (χ1v) is 6.76. The van der Waals surface area contributed by atoms with Crippen LogP contribution in [0.1, 0.15) is 4.88 Å². The molecule has 0 saturated heterocycles. The molecule has 0 spiro atoms. The van der Waals surface area contributed by atoms with Crippen LogP contribution in [0.3, 0.4) is 0 Å². The van der Waals surface area contributed by atoms with E-state index in [0.717, 1.165) is 16.8 Å².